The molecule has 0 aromatic heterocycles. The van der Waals surface area contributed by atoms with Gasteiger partial charge in [0.05, 0.1) is 32.0 Å². The summed E-state index contributed by atoms with van der Waals surface area (Å²) in [6.45, 7) is 7.02. The van der Waals surface area contributed by atoms with Crippen LogP contribution in [0.3, 0.4) is 0 Å². The maximum Gasteiger partial charge on any atom is 0.122 e. The second-order valence-corrected chi connectivity index (χ2v) is 9.24. The molecule has 0 bridgehead atoms. The van der Waals surface area contributed by atoms with Gasteiger partial charge in [0.15, 0.2) is 0 Å². The van der Waals surface area contributed by atoms with Crippen LogP contribution in [0.4, 0.5) is 0 Å². The number of unbranched alkanes of at least 4 members (excludes halogenated alkanes) is 2. The molecule has 0 aliphatic carbocycles. The molecule has 202 valence electrons. The molecule has 0 radical (unpaired) electrons. The highest BCUT2D eigenvalue weighted by molar-refractivity contribution is 5.74. The monoisotopic (exact) mass is 503 g/mol. The molecule has 2 aromatic carbocycles. The fourth-order valence-corrected chi connectivity index (χ4v) is 4.14. The second kappa shape index (κ2) is 17.3. The van der Waals surface area contributed by atoms with E-state index in [2.05, 4.69) is 31.3 Å². The van der Waals surface area contributed by atoms with Crippen LogP contribution in [0.25, 0.3) is 11.1 Å². The highest BCUT2D eigenvalue weighted by Gasteiger charge is 2.12. The van der Waals surface area contributed by atoms with Crippen molar-refractivity contribution in [2.24, 2.45) is 0 Å². The Kier molecular flexibility index (Phi) is 14.5. The fraction of sp³-hybridized carbons (Fsp3) is 0.586. The molecule has 0 aliphatic rings. The Balaban J connectivity index is 1.86. The van der Waals surface area contributed by atoms with Gasteiger partial charge in [-0.1, -0.05) is 30.7 Å². The maximum atomic E-state index is 9.73. The van der Waals surface area contributed by atoms with Crippen LogP contribution < -0.4 is 14.8 Å². The van der Waals surface area contributed by atoms with Crippen LogP contribution in [-0.2, 0) is 4.74 Å². The van der Waals surface area contributed by atoms with Crippen molar-refractivity contribution < 1.29 is 29.5 Å². The van der Waals surface area contributed by atoms with Gasteiger partial charge in [-0.2, -0.15) is 0 Å². The summed E-state index contributed by atoms with van der Waals surface area (Å²) >= 11 is 0. The molecular weight excluding hydrogens is 458 g/mol. The van der Waals surface area contributed by atoms with E-state index in [0.717, 1.165) is 72.4 Å². The zero-order chi connectivity index (χ0) is 26.2. The van der Waals surface area contributed by atoms with Crippen molar-refractivity contribution in [2.75, 3.05) is 46.6 Å². The largest absolute Gasteiger partial charge is 0.493 e. The van der Waals surface area contributed by atoms with Gasteiger partial charge in [-0.3, -0.25) is 0 Å². The Morgan fingerprint density at radius 2 is 1.39 bits per heavy atom. The van der Waals surface area contributed by atoms with Crippen LogP contribution in [0.2, 0.25) is 0 Å². The molecule has 0 spiro atoms. The first-order valence-corrected chi connectivity index (χ1v) is 13.1. The second-order valence-electron chi connectivity index (χ2n) is 9.24. The molecule has 0 saturated carbocycles. The molecule has 0 amide bonds. The van der Waals surface area contributed by atoms with Crippen molar-refractivity contribution >= 4 is 0 Å². The third-order valence-corrected chi connectivity index (χ3v) is 6.25. The van der Waals surface area contributed by atoms with Crippen LogP contribution in [0.1, 0.15) is 49.7 Å². The van der Waals surface area contributed by atoms with Gasteiger partial charge in [0.1, 0.15) is 11.5 Å². The van der Waals surface area contributed by atoms with Gasteiger partial charge in [-0.05, 0) is 86.9 Å². The Morgan fingerprint density at radius 3 is 1.97 bits per heavy atom. The Hall–Kier alpha value is -2.16. The van der Waals surface area contributed by atoms with E-state index in [1.54, 1.807) is 7.11 Å². The van der Waals surface area contributed by atoms with Gasteiger partial charge >= 0.3 is 0 Å². The quantitative estimate of drug-likeness (QED) is 0.215. The van der Waals surface area contributed by atoms with E-state index in [-0.39, 0.29) is 12.7 Å². The molecule has 0 saturated heterocycles. The number of aliphatic hydroxyl groups excluding tert-OH is 3. The number of benzene rings is 2. The summed E-state index contributed by atoms with van der Waals surface area (Å²) in [4.78, 5) is 0. The summed E-state index contributed by atoms with van der Waals surface area (Å²) in [5, 5.41) is 31.4. The Morgan fingerprint density at radius 1 is 0.778 bits per heavy atom. The summed E-state index contributed by atoms with van der Waals surface area (Å²) in [6.07, 6.45) is 3.98. The zero-order valence-corrected chi connectivity index (χ0v) is 22.2. The van der Waals surface area contributed by atoms with Crippen LogP contribution in [-0.4, -0.2) is 74.2 Å². The number of rotatable bonds is 19. The fourth-order valence-electron chi connectivity index (χ4n) is 4.14. The Labute approximate surface area is 216 Å². The van der Waals surface area contributed by atoms with E-state index in [1.807, 2.05) is 24.3 Å². The van der Waals surface area contributed by atoms with Crippen molar-refractivity contribution in [1.29, 1.82) is 0 Å². The molecule has 7 heteroatoms. The topological polar surface area (TPSA) is 100 Å². The lowest BCUT2D eigenvalue weighted by Gasteiger charge is -2.17. The third-order valence-electron chi connectivity index (χ3n) is 6.25. The minimum atomic E-state index is -0.516. The molecule has 0 heterocycles. The number of nitrogens with one attached hydrogen (secondary N) is 1. The average molecular weight is 504 g/mol. The van der Waals surface area contributed by atoms with E-state index in [0.29, 0.717) is 32.8 Å². The minimum absolute atomic E-state index is 0.00243. The van der Waals surface area contributed by atoms with Gasteiger partial charge in [0, 0.05) is 20.3 Å². The van der Waals surface area contributed by atoms with E-state index < -0.39 is 6.10 Å². The summed E-state index contributed by atoms with van der Waals surface area (Å²) in [5.41, 5.74) is 4.48. The Bertz CT molecular complexity index is 803. The predicted molar refractivity (Wildman–Crippen MR) is 144 cm³/mol. The van der Waals surface area contributed by atoms with Crippen molar-refractivity contribution in [1.82, 2.24) is 5.32 Å². The molecule has 2 aromatic rings. The van der Waals surface area contributed by atoms with Crippen molar-refractivity contribution in [3.05, 3.63) is 47.5 Å². The molecule has 2 unspecified atom stereocenters. The first-order chi connectivity index (χ1) is 17.5. The molecule has 4 N–H and O–H groups in total. The zero-order valence-electron chi connectivity index (χ0n) is 22.2. The lowest BCUT2D eigenvalue weighted by Crippen LogP contribution is -2.28. The number of hydrogen-bond acceptors (Lipinski definition) is 7. The standard InChI is InChI=1S/C29H45NO6/c1-22-26(11-7-13-28(22)35-18-6-4-5-10-25(33)21-34-3)27-12-8-14-29(23(27)2)36-19-9-16-30-20-24(32)15-17-31/h7-8,11-14,24-25,30-33H,4-6,9-10,15-21H2,1-3H3. The summed E-state index contributed by atoms with van der Waals surface area (Å²) in [5.74, 6) is 1.77. The van der Waals surface area contributed by atoms with Crippen LogP contribution in [0, 0.1) is 13.8 Å². The minimum Gasteiger partial charge on any atom is -0.493 e. The number of hydrogen-bond donors (Lipinski definition) is 4. The first-order valence-electron chi connectivity index (χ1n) is 13.1. The first kappa shape index (κ1) is 30.1. The van der Waals surface area contributed by atoms with Crippen LogP contribution in [0.15, 0.2) is 36.4 Å². The third kappa shape index (κ3) is 10.4. The van der Waals surface area contributed by atoms with E-state index in [1.165, 1.54) is 0 Å². The van der Waals surface area contributed by atoms with Gasteiger partial charge in [0.2, 0.25) is 0 Å². The van der Waals surface area contributed by atoms with E-state index in [9.17, 15) is 10.2 Å². The number of ether oxygens (including phenoxy) is 3. The van der Waals surface area contributed by atoms with Gasteiger partial charge < -0.3 is 34.8 Å². The van der Waals surface area contributed by atoms with Crippen LogP contribution >= 0.6 is 0 Å². The van der Waals surface area contributed by atoms with Gasteiger partial charge in [-0.15, -0.1) is 0 Å². The molecule has 2 rings (SSSR count). The van der Waals surface area contributed by atoms with E-state index >= 15 is 0 Å². The SMILES string of the molecule is COCC(O)CCCCCOc1cccc(-c2cccc(OCCCNCC(O)CCO)c2C)c1C. The average Bonchev–Trinajstić information content (AvgIpc) is 2.86. The molecule has 7 nitrogen and oxygen atoms in total. The smallest absolute Gasteiger partial charge is 0.122 e. The van der Waals surface area contributed by atoms with E-state index in [4.69, 9.17) is 19.3 Å². The highest BCUT2D eigenvalue weighted by atomic mass is 16.5. The predicted octanol–water partition coefficient (Wildman–Crippen LogP) is 4.02. The van der Waals surface area contributed by atoms with Gasteiger partial charge in [-0.25, -0.2) is 0 Å². The number of methoxy groups -OCH3 is 1. The molecule has 0 aliphatic heterocycles. The lowest BCUT2D eigenvalue weighted by atomic mass is 9.95. The van der Waals surface area contributed by atoms with Crippen molar-refractivity contribution in [3.63, 3.8) is 0 Å². The normalized spacial score (nSPS) is 12.9. The number of aliphatic hydroxyl groups is 3. The summed E-state index contributed by atoms with van der Waals surface area (Å²) in [6, 6.07) is 12.3. The van der Waals surface area contributed by atoms with Gasteiger partial charge in [0.25, 0.3) is 0 Å². The van der Waals surface area contributed by atoms with Crippen molar-refractivity contribution in [2.45, 2.75) is 64.6 Å². The summed E-state index contributed by atoms with van der Waals surface area (Å²) < 4.78 is 17.1. The maximum absolute atomic E-state index is 9.73. The molecule has 2 atom stereocenters. The molecule has 0 fully saturated rings. The van der Waals surface area contributed by atoms with Crippen LogP contribution in [0.5, 0.6) is 11.5 Å². The summed E-state index contributed by atoms with van der Waals surface area (Å²) in [7, 11) is 1.61. The highest BCUT2D eigenvalue weighted by Crippen LogP contribution is 2.35. The molecule has 36 heavy (non-hydrogen) atoms. The molecular formula is C29H45NO6. The van der Waals surface area contributed by atoms with Crippen molar-refractivity contribution in [3.8, 4) is 22.6 Å². The lowest BCUT2D eigenvalue weighted by molar-refractivity contribution is 0.0574.